The molecule has 2 N–H and O–H groups in total. The number of rotatable bonds is 2. The first-order valence-electron chi connectivity index (χ1n) is 7.11. The van der Waals surface area contributed by atoms with Crippen molar-refractivity contribution in [3.05, 3.63) is 40.9 Å². The lowest BCUT2D eigenvalue weighted by atomic mass is 10.1. The molecule has 0 amide bonds. The summed E-state index contributed by atoms with van der Waals surface area (Å²) in [5, 5.41) is 6.00. The van der Waals surface area contributed by atoms with Gasteiger partial charge in [-0.15, -0.1) is 5.10 Å². The maximum Gasteiger partial charge on any atom is 0.258 e. The summed E-state index contributed by atoms with van der Waals surface area (Å²) in [5.74, 6) is 0.379. The van der Waals surface area contributed by atoms with Crippen molar-refractivity contribution in [2.75, 3.05) is 12.0 Å². The van der Waals surface area contributed by atoms with Gasteiger partial charge in [-0.3, -0.25) is 0 Å². The van der Waals surface area contributed by atoms with Crippen LogP contribution in [0.15, 0.2) is 46.0 Å². The van der Waals surface area contributed by atoms with Crippen LogP contribution in [0.2, 0.25) is 0 Å². The van der Waals surface area contributed by atoms with Gasteiger partial charge in [-0.1, -0.05) is 34.1 Å². The van der Waals surface area contributed by atoms with Gasteiger partial charge in [-0.05, 0) is 29.0 Å². The van der Waals surface area contributed by atoms with Crippen LogP contribution < -0.4 is 5.73 Å². The normalized spacial score (nSPS) is 12.1. The lowest BCUT2D eigenvalue weighted by molar-refractivity contribution is 0.592. The zero-order valence-corrected chi connectivity index (χ0v) is 15.3. The number of fused-ring (bicyclic) bond motifs is 2. The smallest absolute Gasteiger partial charge is 0.258 e. The third kappa shape index (κ3) is 2.83. The standard InChI is InChI=1S/C15H11BrN6O2S/c1-25(23,24)15-19-13(17)22-14(20-15)18-12(21-22)10-3-2-9-7-11(16)5-4-8(9)6-10/h2-7H,1H3,(H2,17,18,19,20,21). The molecule has 0 atom stereocenters. The molecule has 2 aromatic heterocycles. The van der Waals surface area contributed by atoms with Gasteiger partial charge in [0.25, 0.3) is 10.9 Å². The number of aromatic nitrogens is 5. The van der Waals surface area contributed by atoms with E-state index in [1.165, 1.54) is 4.52 Å². The zero-order chi connectivity index (χ0) is 17.8. The molecule has 4 rings (SSSR count). The summed E-state index contributed by atoms with van der Waals surface area (Å²) in [6.07, 6.45) is 1.01. The van der Waals surface area contributed by atoms with E-state index in [4.69, 9.17) is 5.73 Å². The Bertz CT molecular complexity index is 1250. The predicted octanol–water partition coefficient (Wildman–Crippen LogP) is 2.09. The maximum atomic E-state index is 11.6. The first-order chi connectivity index (χ1) is 11.8. The van der Waals surface area contributed by atoms with Crippen molar-refractivity contribution < 1.29 is 8.42 Å². The van der Waals surface area contributed by atoms with Gasteiger partial charge in [0.2, 0.25) is 15.8 Å². The van der Waals surface area contributed by atoms with Gasteiger partial charge in [-0.25, -0.2) is 8.42 Å². The molecular formula is C15H11BrN6O2S. The molecule has 0 radical (unpaired) electrons. The molecule has 0 spiro atoms. The van der Waals surface area contributed by atoms with Crippen molar-refractivity contribution in [2.45, 2.75) is 5.16 Å². The molecule has 4 aromatic rings. The molecule has 0 saturated heterocycles. The van der Waals surface area contributed by atoms with E-state index in [1.54, 1.807) is 0 Å². The van der Waals surface area contributed by atoms with Crippen molar-refractivity contribution in [2.24, 2.45) is 0 Å². The highest BCUT2D eigenvalue weighted by molar-refractivity contribution is 9.10. The Kier molecular flexibility index (Phi) is 3.48. The summed E-state index contributed by atoms with van der Waals surface area (Å²) in [4.78, 5) is 12.0. The van der Waals surface area contributed by atoms with Gasteiger partial charge in [0, 0.05) is 16.3 Å². The average molecular weight is 419 g/mol. The highest BCUT2D eigenvalue weighted by Crippen LogP contribution is 2.25. The molecule has 0 aliphatic rings. The SMILES string of the molecule is CS(=O)(=O)c1nc(N)n2nc(-c3ccc4cc(Br)ccc4c3)nc2n1. The number of nitrogen functional groups attached to an aromatic ring is 1. The molecular weight excluding hydrogens is 408 g/mol. The molecule has 0 saturated carbocycles. The van der Waals surface area contributed by atoms with E-state index in [1.807, 2.05) is 36.4 Å². The molecule has 0 aliphatic carbocycles. The second-order valence-electron chi connectivity index (χ2n) is 5.49. The van der Waals surface area contributed by atoms with Crippen LogP contribution in [0.4, 0.5) is 5.95 Å². The molecule has 25 heavy (non-hydrogen) atoms. The molecule has 0 fully saturated rings. The number of anilines is 1. The van der Waals surface area contributed by atoms with Crippen LogP contribution in [0.25, 0.3) is 27.9 Å². The highest BCUT2D eigenvalue weighted by atomic mass is 79.9. The first-order valence-corrected chi connectivity index (χ1v) is 9.80. The summed E-state index contributed by atoms with van der Waals surface area (Å²) in [7, 11) is -3.59. The third-order valence-corrected chi connectivity index (χ3v) is 4.94. The Morgan fingerprint density at radius 1 is 1.04 bits per heavy atom. The molecule has 0 aliphatic heterocycles. The predicted molar refractivity (Wildman–Crippen MR) is 96.7 cm³/mol. The average Bonchev–Trinajstić information content (AvgIpc) is 2.98. The number of hydrogen-bond donors (Lipinski definition) is 1. The van der Waals surface area contributed by atoms with Gasteiger partial charge in [0.15, 0.2) is 5.82 Å². The van der Waals surface area contributed by atoms with Crippen LogP contribution in [0.3, 0.4) is 0 Å². The zero-order valence-electron chi connectivity index (χ0n) is 12.9. The van der Waals surface area contributed by atoms with E-state index < -0.39 is 9.84 Å². The fourth-order valence-corrected chi connectivity index (χ4v) is 3.32. The summed E-state index contributed by atoms with van der Waals surface area (Å²) in [6, 6.07) is 11.7. The second kappa shape index (κ2) is 5.46. The quantitative estimate of drug-likeness (QED) is 0.529. The minimum atomic E-state index is -3.59. The Labute approximate surface area is 150 Å². The van der Waals surface area contributed by atoms with Crippen molar-refractivity contribution in [3.63, 3.8) is 0 Å². The van der Waals surface area contributed by atoms with Gasteiger partial charge >= 0.3 is 0 Å². The van der Waals surface area contributed by atoms with Crippen molar-refractivity contribution in [1.29, 1.82) is 0 Å². The van der Waals surface area contributed by atoms with Crippen molar-refractivity contribution >= 4 is 48.3 Å². The Hall–Kier alpha value is -2.59. The summed E-state index contributed by atoms with van der Waals surface area (Å²) in [5.41, 5.74) is 6.56. The third-order valence-electron chi connectivity index (χ3n) is 3.61. The van der Waals surface area contributed by atoms with E-state index in [0.717, 1.165) is 27.1 Å². The van der Waals surface area contributed by atoms with E-state index >= 15 is 0 Å². The highest BCUT2D eigenvalue weighted by Gasteiger charge is 2.17. The van der Waals surface area contributed by atoms with Gasteiger partial charge in [0.05, 0.1) is 0 Å². The number of halogens is 1. The number of nitrogens with zero attached hydrogens (tertiary/aromatic N) is 5. The number of sulfone groups is 1. The minimum Gasteiger partial charge on any atom is -0.368 e. The van der Waals surface area contributed by atoms with E-state index in [0.29, 0.717) is 5.82 Å². The van der Waals surface area contributed by atoms with E-state index in [2.05, 4.69) is 36.0 Å². The van der Waals surface area contributed by atoms with Crippen LogP contribution in [0.5, 0.6) is 0 Å². The minimum absolute atomic E-state index is 0.0822. The summed E-state index contributed by atoms with van der Waals surface area (Å²) >= 11 is 3.44. The Balaban J connectivity index is 1.89. The largest absolute Gasteiger partial charge is 0.368 e. The van der Waals surface area contributed by atoms with Crippen molar-refractivity contribution in [1.82, 2.24) is 24.6 Å². The second-order valence-corrected chi connectivity index (χ2v) is 8.32. The Morgan fingerprint density at radius 3 is 2.52 bits per heavy atom. The van der Waals surface area contributed by atoms with Crippen LogP contribution in [0.1, 0.15) is 0 Å². The van der Waals surface area contributed by atoms with Gasteiger partial charge < -0.3 is 5.73 Å². The molecule has 0 unspecified atom stereocenters. The van der Waals surface area contributed by atoms with Crippen LogP contribution in [-0.4, -0.2) is 39.2 Å². The fourth-order valence-electron chi connectivity index (χ4n) is 2.43. The maximum absolute atomic E-state index is 11.6. The topological polar surface area (TPSA) is 116 Å². The number of benzene rings is 2. The van der Waals surface area contributed by atoms with Crippen LogP contribution >= 0.6 is 15.9 Å². The monoisotopic (exact) mass is 418 g/mol. The first kappa shape index (κ1) is 15.9. The summed E-state index contributed by atoms with van der Waals surface area (Å²) in [6.45, 7) is 0. The molecule has 10 heteroatoms. The number of hydrogen-bond acceptors (Lipinski definition) is 7. The van der Waals surface area contributed by atoms with E-state index in [9.17, 15) is 8.42 Å². The Morgan fingerprint density at radius 2 is 1.76 bits per heavy atom. The van der Waals surface area contributed by atoms with Gasteiger partial charge in [-0.2, -0.15) is 19.5 Å². The molecule has 8 nitrogen and oxygen atoms in total. The molecule has 2 heterocycles. The van der Waals surface area contributed by atoms with E-state index in [-0.39, 0.29) is 16.9 Å². The van der Waals surface area contributed by atoms with Crippen LogP contribution in [-0.2, 0) is 9.84 Å². The fraction of sp³-hybridized carbons (Fsp3) is 0.0667. The van der Waals surface area contributed by atoms with Crippen molar-refractivity contribution in [3.8, 4) is 11.4 Å². The van der Waals surface area contributed by atoms with Gasteiger partial charge in [0.1, 0.15) is 0 Å². The molecule has 0 bridgehead atoms. The molecule has 2 aromatic carbocycles. The number of nitrogens with two attached hydrogens (primary N) is 1. The summed E-state index contributed by atoms with van der Waals surface area (Å²) < 4.78 is 25.5. The lowest BCUT2D eigenvalue weighted by Gasteiger charge is -2.01. The van der Waals surface area contributed by atoms with Crippen LogP contribution in [0, 0.1) is 0 Å². The molecule has 126 valence electrons. The lowest BCUT2D eigenvalue weighted by Crippen LogP contribution is -2.11.